The molecular weight excluding hydrogens is 499 g/mol. The first-order valence-corrected chi connectivity index (χ1v) is 11.3. The van der Waals surface area contributed by atoms with E-state index in [4.69, 9.17) is 0 Å². The maximum atomic E-state index is 13.7. The van der Waals surface area contributed by atoms with Crippen LogP contribution in [0.15, 0.2) is 48.5 Å². The molecule has 196 valence electrons. The summed E-state index contributed by atoms with van der Waals surface area (Å²) in [4.78, 5) is 51.4. The second-order valence-electron chi connectivity index (χ2n) is 9.02. The number of amides is 2. The van der Waals surface area contributed by atoms with Crippen LogP contribution in [-0.4, -0.2) is 39.7 Å². The minimum Gasteiger partial charge on any atom is -0.480 e. The quantitative estimate of drug-likeness (QED) is 0.319. The molecule has 0 saturated carbocycles. The van der Waals surface area contributed by atoms with Gasteiger partial charge in [-0.15, -0.1) is 13.2 Å². The third-order valence-electron chi connectivity index (χ3n) is 7.09. The monoisotopic (exact) mass is 521 g/mol. The number of alkyl halides is 3. The van der Waals surface area contributed by atoms with Crippen molar-refractivity contribution in [3.8, 4) is 5.75 Å². The zero-order valence-corrected chi connectivity index (χ0v) is 19.6. The van der Waals surface area contributed by atoms with Gasteiger partial charge in [0.2, 0.25) is 11.8 Å². The minimum atomic E-state index is -4.98. The number of imide groups is 1. The van der Waals surface area contributed by atoms with Gasteiger partial charge in [0.05, 0.1) is 22.4 Å². The van der Waals surface area contributed by atoms with Crippen LogP contribution in [0.25, 0.3) is 0 Å². The molecule has 2 aromatic carbocycles. The number of benzene rings is 2. The van der Waals surface area contributed by atoms with Crippen LogP contribution in [0.4, 0.5) is 24.5 Å². The lowest BCUT2D eigenvalue weighted by Crippen LogP contribution is -2.59. The van der Waals surface area contributed by atoms with Crippen molar-refractivity contribution in [2.45, 2.75) is 38.2 Å². The van der Waals surface area contributed by atoms with Gasteiger partial charge in [-0.05, 0) is 29.7 Å². The highest BCUT2D eigenvalue weighted by Crippen LogP contribution is 2.53. The predicted octanol–water partition coefficient (Wildman–Crippen LogP) is 3.81. The van der Waals surface area contributed by atoms with E-state index < -0.39 is 64.2 Å². The number of carboxylic acid groups (broad SMARTS) is 1. The van der Waals surface area contributed by atoms with Gasteiger partial charge >= 0.3 is 12.3 Å². The summed E-state index contributed by atoms with van der Waals surface area (Å²) in [6, 6.07) is 8.40. The number of ether oxygens (including phenoxy) is 1. The Morgan fingerprint density at radius 3 is 2.49 bits per heavy atom. The lowest BCUT2D eigenvalue weighted by atomic mass is 9.72. The van der Waals surface area contributed by atoms with Gasteiger partial charge in [0.15, 0.2) is 0 Å². The highest BCUT2D eigenvalue weighted by molar-refractivity contribution is 6.24. The number of aliphatic carboxylic acids is 1. The van der Waals surface area contributed by atoms with Gasteiger partial charge in [-0.2, -0.15) is 0 Å². The Labute approximate surface area is 208 Å². The van der Waals surface area contributed by atoms with Gasteiger partial charge in [0.25, 0.3) is 5.69 Å². The van der Waals surface area contributed by atoms with E-state index >= 15 is 0 Å². The van der Waals surface area contributed by atoms with Crippen molar-refractivity contribution in [2.24, 2.45) is 17.8 Å². The van der Waals surface area contributed by atoms with Crippen LogP contribution in [0.3, 0.4) is 0 Å². The Hall–Kier alpha value is -4.00. The second-order valence-corrected chi connectivity index (χ2v) is 9.02. The molecule has 5 unspecified atom stereocenters. The van der Waals surface area contributed by atoms with Crippen LogP contribution in [-0.2, 0) is 14.4 Å². The molecule has 37 heavy (non-hydrogen) atoms. The summed E-state index contributed by atoms with van der Waals surface area (Å²) in [6.07, 6.45) is -4.69. The standard InChI is InChI=1S/C24H22F3N3O7/c1-3-12(2)23(22(33)34)18-17(19(28-23)13-6-4-9-16(10-13)37-24(25,26)27)20(31)29(21(18)32)14-7-5-8-15(11-14)30(35)36/h4-12,17-19,28H,3H2,1-2H3,(H,33,34). The Morgan fingerprint density at radius 2 is 1.89 bits per heavy atom. The van der Waals surface area contributed by atoms with Gasteiger partial charge in [-0.25, -0.2) is 4.90 Å². The highest BCUT2D eigenvalue weighted by atomic mass is 19.4. The number of non-ortho nitro benzene ring substituents is 1. The fourth-order valence-electron chi connectivity index (χ4n) is 5.32. The van der Waals surface area contributed by atoms with E-state index in [1.54, 1.807) is 13.8 Å². The smallest absolute Gasteiger partial charge is 0.480 e. The number of anilines is 1. The molecule has 2 aliphatic rings. The SMILES string of the molecule is CCC(C)C1(C(=O)O)NC(c2cccc(OC(F)(F)F)c2)C2C(=O)N(c3cccc([N+](=O)[O-])c3)C(=O)C21. The molecule has 0 aliphatic carbocycles. The number of carbonyl (C=O) groups is 3. The molecule has 2 amide bonds. The number of halogens is 3. The minimum absolute atomic E-state index is 0.102. The van der Waals surface area contributed by atoms with Crippen molar-refractivity contribution in [1.82, 2.24) is 5.32 Å². The van der Waals surface area contributed by atoms with Crippen molar-refractivity contribution in [2.75, 3.05) is 4.90 Å². The molecule has 2 aliphatic heterocycles. The molecule has 2 aromatic rings. The highest BCUT2D eigenvalue weighted by Gasteiger charge is 2.70. The van der Waals surface area contributed by atoms with Crippen LogP contribution < -0.4 is 15.0 Å². The Morgan fingerprint density at radius 1 is 1.22 bits per heavy atom. The summed E-state index contributed by atoms with van der Waals surface area (Å²) in [5.41, 5.74) is -2.30. The summed E-state index contributed by atoms with van der Waals surface area (Å²) in [7, 11) is 0. The topological polar surface area (TPSA) is 139 Å². The van der Waals surface area contributed by atoms with Gasteiger partial charge in [-0.3, -0.25) is 29.8 Å². The molecule has 2 saturated heterocycles. The average Bonchev–Trinajstić information content (AvgIpc) is 3.32. The number of carboxylic acids is 1. The number of rotatable bonds is 7. The zero-order chi connectivity index (χ0) is 27.3. The molecule has 2 heterocycles. The maximum Gasteiger partial charge on any atom is 0.573 e. The summed E-state index contributed by atoms with van der Waals surface area (Å²) < 4.78 is 42.4. The van der Waals surface area contributed by atoms with Crippen molar-refractivity contribution < 1.29 is 42.3 Å². The third-order valence-corrected chi connectivity index (χ3v) is 7.09. The van der Waals surface area contributed by atoms with E-state index in [1.165, 1.54) is 30.3 Å². The average molecular weight is 521 g/mol. The number of fused-ring (bicyclic) bond motifs is 1. The van der Waals surface area contributed by atoms with Crippen molar-refractivity contribution >= 4 is 29.2 Å². The molecule has 0 aromatic heterocycles. The Bertz CT molecular complexity index is 1280. The van der Waals surface area contributed by atoms with Gasteiger partial charge in [0.1, 0.15) is 11.3 Å². The Balaban J connectivity index is 1.86. The summed E-state index contributed by atoms with van der Waals surface area (Å²) in [6.45, 7) is 3.30. The van der Waals surface area contributed by atoms with Crippen molar-refractivity contribution in [3.63, 3.8) is 0 Å². The number of nitrogens with zero attached hydrogens (tertiary/aromatic N) is 2. The number of hydrogen-bond acceptors (Lipinski definition) is 7. The fourth-order valence-corrected chi connectivity index (χ4v) is 5.32. The number of carbonyl (C=O) groups excluding carboxylic acids is 2. The molecular formula is C24H22F3N3O7. The van der Waals surface area contributed by atoms with Crippen LogP contribution in [0.2, 0.25) is 0 Å². The molecule has 2 fully saturated rings. The lowest BCUT2D eigenvalue weighted by molar-refractivity contribution is -0.384. The molecule has 13 heteroatoms. The molecule has 10 nitrogen and oxygen atoms in total. The molecule has 2 N–H and O–H groups in total. The number of nitro benzene ring substituents is 1. The van der Waals surface area contributed by atoms with Gasteiger partial charge in [0, 0.05) is 18.2 Å². The predicted molar refractivity (Wildman–Crippen MR) is 121 cm³/mol. The molecule has 0 spiro atoms. The molecule has 0 bridgehead atoms. The summed E-state index contributed by atoms with van der Waals surface area (Å²) >= 11 is 0. The van der Waals surface area contributed by atoms with Gasteiger partial charge < -0.3 is 9.84 Å². The molecule has 0 radical (unpaired) electrons. The largest absolute Gasteiger partial charge is 0.573 e. The van der Waals surface area contributed by atoms with E-state index in [0.29, 0.717) is 6.42 Å². The maximum absolute atomic E-state index is 13.7. The first-order valence-electron chi connectivity index (χ1n) is 11.3. The van der Waals surface area contributed by atoms with E-state index in [-0.39, 0.29) is 16.9 Å². The van der Waals surface area contributed by atoms with Gasteiger partial charge in [-0.1, -0.05) is 38.5 Å². The van der Waals surface area contributed by atoms with Crippen LogP contribution in [0.1, 0.15) is 31.9 Å². The van der Waals surface area contributed by atoms with E-state index in [1.807, 2.05) is 0 Å². The first kappa shape index (κ1) is 26.1. The van der Waals surface area contributed by atoms with Crippen molar-refractivity contribution in [3.05, 3.63) is 64.2 Å². The zero-order valence-electron chi connectivity index (χ0n) is 19.6. The third kappa shape index (κ3) is 4.28. The van der Waals surface area contributed by atoms with E-state index in [0.717, 1.165) is 23.1 Å². The Kier molecular flexibility index (Phi) is 6.44. The number of hydrogen-bond donors (Lipinski definition) is 2. The normalized spacial score (nSPS) is 26.2. The fraction of sp³-hybridized carbons (Fsp3) is 0.375. The molecule has 5 atom stereocenters. The number of nitro groups is 1. The summed E-state index contributed by atoms with van der Waals surface area (Å²) in [5, 5.41) is 24.5. The first-order chi connectivity index (χ1) is 17.3. The van der Waals surface area contributed by atoms with Crippen LogP contribution in [0.5, 0.6) is 5.75 Å². The van der Waals surface area contributed by atoms with E-state index in [2.05, 4.69) is 10.1 Å². The van der Waals surface area contributed by atoms with Crippen LogP contribution >= 0.6 is 0 Å². The summed E-state index contributed by atoms with van der Waals surface area (Å²) in [5.74, 6) is -7.07. The molecule has 4 rings (SSSR count). The van der Waals surface area contributed by atoms with Crippen molar-refractivity contribution in [1.29, 1.82) is 0 Å². The lowest BCUT2D eigenvalue weighted by Gasteiger charge is -2.36. The number of nitrogens with one attached hydrogen (secondary N) is 1. The van der Waals surface area contributed by atoms with Crippen LogP contribution in [0, 0.1) is 27.9 Å². The second kappa shape index (κ2) is 9.14. The van der Waals surface area contributed by atoms with E-state index in [9.17, 15) is 42.8 Å².